The zero-order chi connectivity index (χ0) is 21.9. The minimum atomic E-state index is -0.542. The molecule has 6 nitrogen and oxygen atoms in total. The van der Waals surface area contributed by atoms with Crippen molar-refractivity contribution in [1.82, 2.24) is 0 Å². The summed E-state index contributed by atoms with van der Waals surface area (Å²) in [5.74, 6) is 0. The number of nitro groups is 2. The van der Waals surface area contributed by atoms with E-state index in [0.717, 1.165) is 32.9 Å². The molecule has 0 amide bonds. The summed E-state index contributed by atoms with van der Waals surface area (Å²) >= 11 is 7.13. The van der Waals surface area contributed by atoms with E-state index in [1.54, 1.807) is 24.3 Å². The maximum atomic E-state index is 11.5. The topological polar surface area (TPSA) is 86.3 Å². The Labute approximate surface area is 194 Å². The van der Waals surface area contributed by atoms with Gasteiger partial charge in [0.1, 0.15) is 0 Å². The third kappa shape index (κ3) is 2.96. The molecule has 31 heavy (non-hydrogen) atoms. The number of benzene rings is 3. The number of hydrogen-bond acceptors (Lipinski definition) is 4. The highest BCUT2D eigenvalue weighted by molar-refractivity contribution is 9.09. The van der Waals surface area contributed by atoms with Gasteiger partial charge in [0.05, 0.1) is 9.85 Å². The molecule has 0 aromatic heterocycles. The second-order valence-electron chi connectivity index (χ2n) is 8.07. The zero-order valence-corrected chi connectivity index (χ0v) is 19.4. The van der Waals surface area contributed by atoms with Crippen LogP contribution in [0.15, 0.2) is 48.5 Å². The lowest BCUT2D eigenvalue weighted by Gasteiger charge is -2.26. The van der Waals surface area contributed by atoms with Crippen LogP contribution in [-0.2, 0) is 28.9 Å². The van der Waals surface area contributed by atoms with E-state index in [1.807, 2.05) is 0 Å². The van der Waals surface area contributed by atoms with Gasteiger partial charge in [0.2, 0.25) is 0 Å². The molecule has 0 radical (unpaired) electrons. The van der Waals surface area contributed by atoms with Crippen molar-refractivity contribution in [2.24, 2.45) is 0 Å². The van der Waals surface area contributed by atoms with Crippen LogP contribution in [0.3, 0.4) is 0 Å². The van der Waals surface area contributed by atoms with E-state index in [9.17, 15) is 20.2 Å². The highest BCUT2D eigenvalue weighted by Crippen LogP contribution is 2.56. The standard InChI is InChI=1S/C23H16Br2N2O4/c24-11-15-5-13-9-23(10-14(13)6-16(15)12-25)21-7-17(26(28)29)1-3-19(21)20-4-2-18(27(30)31)8-22(20)23/h1-8H,9-12H2. The van der Waals surface area contributed by atoms with E-state index in [2.05, 4.69) is 44.0 Å². The van der Waals surface area contributed by atoms with Crippen molar-refractivity contribution in [2.75, 3.05) is 0 Å². The molecule has 2 aliphatic rings. The summed E-state index contributed by atoms with van der Waals surface area (Å²) in [5.41, 5.74) is 7.93. The van der Waals surface area contributed by atoms with Gasteiger partial charge >= 0.3 is 0 Å². The van der Waals surface area contributed by atoms with Crippen molar-refractivity contribution in [2.45, 2.75) is 28.9 Å². The maximum absolute atomic E-state index is 11.5. The molecule has 0 aliphatic heterocycles. The first-order valence-electron chi connectivity index (χ1n) is 9.71. The average Bonchev–Trinajstić information content (AvgIpc) is 3.27. The van der Waals surface area contributed by atoms with Gasteiger partial charge in [-0.15, -0.1) is 0 Å². The summed E-state index contributed by atoms with van der Waals surface area (Å²) in [6, 6.07) is 14.3. The Morgan fingerprint density at radius 3 is 1.52 bits per heavy atom. The second kappa shape index (κ2) is 7.24. The summed E-state index contributed by atoms with van der Waals surface area (Å²) in [4.78, 5) is 22.3. The zero-order valence-electron chi connectivity index (χ0n) is 16.2. The fraction of sp³-hybridized carbons (Fsp3) is 0.217. The van der Waals surface area contributed by atoms with Gasteiger partial charge in [-0.05, 0) is 69.5 Å². The van der Waals surface area contributed by atoms with Gasteiger partial charge in [0.25, 0.3) is 11.4 Å². The van der Waals surface area contributed by atoms with Gasteiger partial charge in [-0.1, -0.05) is 44.0 Å². The van der Waals surface area contributed by atoms with Crippen LogP contribution < -0.4 is 0 Å². The van der Waals surface area contributed by atoms with E-state index in [1.165, 1.54) is 34.4 Å². The summed E-state index contributed by atoms with van der Waals surface area (Å²) in [7, 11) is 0. The van der Waals surface area contributed by atoms with Crippen molar-refractivity contribution >= 4 is 43.2 Å². The fourth-order valence-corrected chi connectivity index (χ4v) is 6.21. The number of nitrogens with zero attached hydrogens (tertiary/aromatic N) is 2. The van der Waals surface area contributed by atoms with Gasteiger partial charge < -0.3 is 0 Å². The third-order valence-electron chi connectivity index (χ3n) is 6.54. The van der Waals surface area contributed by atoms with Crippen molar-refractivity contribution in [1.29, 1.82) is 0 Å². The first-order chi connectivity index (χ1) is 14.9. The molecule has 1 spiro atoms. The van der Waals surface area contributed by atoms with Gasteiger partial charge in [-0.25, -0.2) is 0 Å². The molecule has 156 valence electrons. The van der Waals surface area contributed by atoms with Gasteiger partial charge in [-0.3, -0.25) is 20.2 Å². The lowest BCUT2D eigenvalue weighted by molar-refractivity contribution is -0.385. The van der Waals surface area contributed by atoms with Gasteiger partial charge in [0.15, 0.2) is 0 Å². The third-order valence-corrected chi connectivity index (χ3v) is 7.75. The minimum absolute atomic E-state index is 0.0404. The predicted octanol–water partition coefficient (Wildman–Crippen LogP) is 6.36. The molecule has 3 aromatic carbocycles. The number of rotatable bonds is 4. The Morgan fingerprint density at radius 2 is 1.16 bits per heavy atom. The Kier molecular flexibility index (Phi) is 4.75. The smallest absolute Gasteiger partial charge is 0.258 e. The summed E-state index contributed by atoms with van der Waals surface area (Å²) in [5, 5.41) is 24.5. The first kappa shape index (κ1) is 20.3. The average molecular weight is 544 g/mol. The molecule has 0 saturated heterocycles. The Bertz CT molecular complexity index is 1190. The quantitative estimate of drug-likeness (QED) is 0.218. The van der Waals surface area contributed by atoms with Crippen LogP contribution in [0.2, 0.25) is 0 Å². The number of alkyl halides is 2. The van der Waals surface area contributed by atoms with E-state index < -0.39 is 5.41 Å². The molecular formula is C23H16Br2N2O4. The molecule has 3 aromatic rings. The van der Waals surface area contributed by atoms with Crippen LogP contribution >= 0.6 is 31.9 Å². The predicted molar refractivity (Wildman–Crippen MR) is 125 cm³/mol. The van der Waals surface area contributed by atoms with E-state index in [0.29, 0.717) is 12.8 Å². The van der Waals surface area contributed by atoms with Crippen molar-refractivity contribution in [3.05, 3.63) is 102 Å². The van der Waals surface area contributed by atoms with Crippen molar-refractivity contribution < 1.29 is 9.85 Å². The van der Waals surface area contributed by atoms with Crippen molar-refractivity contribution in [3.63, 3.8) is 0 Å². The molecule has 0 saturated carbocycles. The number of fused-ring (bicyclic) bond motifs is 6. The van der Waals surface area contributed by atoms with Crippen LogP contribution in [0.4, 0.5) is 11.4 Å². The highest BCUT2D eigenvalue weighted by Gasteiger charge is 2.48. The number of halogens is 2. The van der Waals surface area contributed by atoms with Crippen LogP contribution in [0.25, 0.3) is 11.1 Å². The summed E-state index contributed by atoms with van der Waals surface area (Å²) in [6.45, 7) is 0. The number of hydrogen-bond donors (Lipinski definition) is 0. The fourth-order valence-electron chi connectivity index (χ4n) is 5.16. The van der Waals surface area contributed by atoms with Gasteiger partial charge in [0, 0.05) is 40.3 Å². The monoisotopic (exact) mass is 542 g/mol. The molecule has 5 rings (SSSR count). The molecule has 8 heteroatoms. The van der Waals surface area contributed by atoms with Gasteiger partial charge in [-0.2, -0.15) is 0 Å². The van der Waals surface area contributed by atoms with Crippen LogP contribution in [0.5, 0.6) is 0 Å². The Morgan fingerprint density at radius 1 is 0.742 bits per heavy atom. The maximum Gasteiger partial charge on any atom is 0.269 e. The van der Waals surface area contributed by atoms with E-state index in [4.69, 9.17) is 0 Å². The lowest BCUT2D eigenvalue weighted by Crippen LogP contribution is -2.26. The summed E-state index contributed by atoms with van der Waals surface area (Å²) < 4.78 is 0. The Hall–Kier alpha value is -2.58. The first-order valence-corrected chi connectivity index (χ1v) is 12.0. The Balaban J connectivity index is 1.76. The molecule has 0 heterocycles. The molecule has 0 bridgehead atoms. The molecular weight excluding hydrogens is 528 g/mol. The molecule has 0 atom stereocenters. The molecule has 0 N–H and O–H groups in total. The van der Waals surface area contributed by atoms with Crippen LogP contribution in [0.1, 0.15) is 33.4 Å². The summed E-state index contributed by atoms with van der Waals surface area (Å²) in [6.07, 6.45) is 1.32. The normalized spacial score (nSPS) is 14.9. The lowest BCUT2D eigenvalue weighted by atomic mass is 9.75. The van der Waals surface area contributed by atoms with E-state index >= 15 is 0 Å². The number of nitro benzene ring substituents is 2. The van der Waals surface area contributed by atoms with E-state index in [-0.39, 0.29) is 21.2 Å². The molecule has 0 unspecified atom stereocenters. The molecule has 0 fully saturated rings. The molecule has 2 aliphatic carbocycles. The largest absolute Gasteiger partial charge is 0.269 e. The van der Waals surface area contributed by atoms with Crippen LogP contribution in [-0.4, -0.2) is 9.85 Å². The second-order valence-corrected chi connectivity index (χ2v) is 9.19. The minimum Gasteiger partial charge on any atom is -0.258 e. The SMILES string of the molecule is O=[N+]([O-])c1ccc2c(c1)C1(Cc3cc(CBr)c(CBr)cc3C1)c1cc([N+](=O)[O-])ccc1-2. The number of non-ortho nitro benzene ring substituents is 2. The van der Waals surface area contributed by atoms with Crippen molar-refractivity contribution in [3.8, 4) is 11.1 Å². The van der Waals surface area contributed by atoms with Crippen LogP contribution in [0, 0.1) is 20.2 Å². The highest BCUT2D eigenvalue weighted by atomic mass is 79.9.